The van der Waals surface area contributed by atoms with Crippen LogP contribution in [0.15, 0.2) is 9.52 Å². The van der Waals surface area contributed by atoms with Gasteiger partial charge in [-0.05, 0) is 45.4 Å². The van der Waals surface area contributed by atoms with Crippen molar-refractivity contribution in [3.05, 3.63) is 17.0 Å². The van der Waals surface area contributed by atoms with Crippen LogP contribution in [0.1, 0.15) is 69.4 Å². The third-order valence-electron chi connectivity index (χ3n) is 5.24. The molecular formula is C18H33IN4O. The van der Waals surface area contributed by atoms with Crippen molar-refractivity contribution in [2.45, 2.75) is 66.2 Å². The molecule has 1 atom stereocenters. The molecule has 1 aromatic rings. The smallest absolute Gasteiger partial charge is 0.191 e. The van der Waals surface area contributed by atoms with Gasteiger partial charge in [0, 0.05) is 31.1 Å². The van der Waals surface area contributed by atoms with Crippen molar-refractivity contribution in [2.75, 3.05) is 19.6 Å². The second kappa shape index (κ2) is 9.63. The number of nitrogens with one attached hydrogen (secondary N) is 2. The predicted molar refractivity (Wildman–Crippen MR) is 110 cm³/mol. The Morgan fingerprint density at radius 1 is 1.29 bits per heavy atom. The lowest BCUT2D eigenvalue weighted by atomic mass is 9.67. The quantitative estimate of drug-likeness (QED) is 0.374. The molecule has 6 heteroatoms. The van der Waals surface area contributed by atoms with Crippen molar-refractivity contribution in [2.24, 2.45) is 10.4 Å². The molecule has 138 valence electrons. The van der Waals surface area contributed by atoms with Crippen molar-refractivity contribution in [3.8, 4) is 0 Å². The molecule has 1 unspecified atom stereocenters. The Bertz CT molecular complexity index is 512. The second-order valence-electron chi connectivity index (χ2n) is 6.92. The van der Waals surface area contributed by atoms with Gasteiger partial charge in [0.25, 0.3) is 0 Å². The molecule has 0 aromatic carbocycles. The second-order valence-corrected chi connectivity index (χ2v) is 6.92. The first-order chi connectivity index (χ1) is 11.0. The largest absolute Gasteiger partial charge is 0.361 e. The molecule has 1 aromatic heterocycles. The van der Waals surface area contributed by atoms with E-state index in [1.165, 1.54) is 31.2 Å². The molecule has 1 fully saturated rings. The van der Waals surface area contributed by atoms with Crippen molar-refractivity contribution < 1.29 is 4.52 Å². The van der Waals surface area contributed by atoms with Gasteiger partial charge in [0.1, 0.15) is 5.76 Å². The standard InChI is InChI=1S/C18H32N4O.HI/c1-6-18(9-8-10-18)12-21-17(19-7-2)20-11-13(3)16-14(4)22-23-15(16)5;/h13H,6-12H2,1-5H3,(H2,19,20,21);1H. The Hall–Kier alpha value is -0.790. The summed E-state index contributed by atoms with van der Waals surface area (Å²) in [5, 5.41) is 10.9. The predicted octanol–water partition coefficient (Wildman–Crippen LogP) is 4.15. The zero-order valence-corrected chi connectivity index (χ0v) is 18.1. The molecule has 0 saturated heterocycles. The molecular weight excluding hydrogens is 415 g/mol. The molecule has 1 aliphatic carbocycles. The van der Waals surface area contributed by atoms with Crippen LogP contribution in [0.2, 0.25) is 0 Å². The monoisotopic (exact) mass is 448 g/mol. The van der Waals surface area contributed by atoms with Gasteiger partial charge in [-0.25, -0.2) is 0 Å². The summed E-state index contributed by atoms with van der Waals surface area (Å²) in [7, 11) is 0. The van der Waals surface area contributed by atoms with Gasteiger partial charge in [0.05, 0.1) is 5.69 Å². The molecule has 2 rings (SSSR count). The van der Waals surface area contributed by atoms with E-state index >= 15 is 0 Å². The topological polar surface area (TPSA) is 62.5 Å². The number of aromatic nitrogens is 1. The lowest BCUT2D eigenvalue weighted by molar-refractivity contribution is 0.139. The molecule has 1 heterocycles. The molecule has 24 heavy (non-hydrogen) atoms. The number of rotatable bonds is 7. The molecule has 1 aliphatic rings. The van der Waals surface area contributed by atoms with Crippen LogP contribution >= 0.6 is 24.0 Å². The van der Waals surface area contributed by atoms with Gasteiger partial charge in [0.15, 0.2) is 5.96 Å². The summed E-state index contributed by atoms with van der Waals surface area (Å²) in [6.45, 7) is 13.2. The number of guanidine groups is 1. The molecule has 5 nitrogen and oxygen atoms in total. The van der Waals surface area contributed by atoms with E-state index in [1.807, 2.05) is 13.8 Å². The van der Waals surface area contributed by atoms with E-state index in [9.17, 15) is 0 Å². The van der Waals surface area contributed by atoms with Crippen LogP contribution in [0.5, 0.6) is 0 Å². The highest BCUT2D eigenvalue weighted by atomic mass is 127. The third-order valence-corrected chi connectivity index (χ3v) is 5.24. The number of hydrogen-bond donors (Lipinski definition) is 2. The maximum atomic E-state index is 5.28. The van der Waals surface area contributed by atoms with Crippen molar-refractivity contribution in [1.29, 1.82) is 0 Å². The SMILES string of the molecule is CCNC(=NCC1(CC)CCC1)NCC(C)c1c(C)noc1C.I. The molecule has 0 spiro atoms. The molecule has 0 amide bonds. The summed E-state index contributed by atoms with van der Waals surface area (Å²) in [6.07, 6.45) is 5.23. The Kier molecular flexibility index (Phi) is 8.53. The number of aryl methyl sites for hydroxylation is 2. The zero-order chi connectivity index (χ0) is 16.9. The first kappa shape index (κ1) is 21.3. The van der Waals surface area contributed by atoms with Crippen LogP contribution in [-0.4, -0.2) is 30.8 Å². The average Bonchev–Trinajstić information content (AvgIpc) is 2.82. The minimum Gasteiger partial charge on any atom is -0.361 e. The molecule has 0 aliphatic heterocycles. The number of aliphatic imine (C=N–C) groups is 1. The van der Waals surface area contributed by atoms with Gasteiger partial charge in [-0.2, -0.15) is 0 Å². The van der Waals surface area contributed by atoms with Crippen LogP contribution in [-0.2, 0) is 0 Å². The minimum atomic E-state index is 0. The fraction of sp³-hybridized carbons (Fsp3) is 0.778. The lowest BCUT2D eigenvalue weighted by Crippen LogP contribution is -2.41. The van der Waals surface area contributed by atoms with Gasteiger partial charge in [-0.3, -0.25) is 4.99 Å². The van der Waals surface area contributed by atoms with E-state index in [1.54, 1.807) is 0 Å². The third kappa shape index (κ3) is 5.10. The fourth-order valence-corrected chi connectivity index (χ4v) is 3.43. The van der Waals surface area contributed by atoms with Gasteiger partial charge in [-0.1, -0.05) is 25.4 Å². The van der Waals surface area contributed by atoms with Crippen molar-refractivity contribution >= 4 is 29.9 Å². The van der Waals surface area contributed by atoms with E-state index in [-0.39, 0.29) is 24.0 Å². The normalized spacial score (nSPS) is 17.6. The highest BCUT2D eigenvalue weighted by molar-refractivity contribution is 14.0. The Labute approximate surface area is 163 Å². The van der Waals surface area contributed by atoms with E-state index in [4.69, 9.17) is 9.52 Å². The summed E-state index contributed by atoms with van der Waals surface area (Å²) in [5.74, 6) is 2.18. The summed E-state index contributed by atoms with van der Waals surface area (Å²) in [4.78, 5) is 4.83. The van der Waals surface area contributed by atoms with Crippen LogP contribution in [0.3, 0.4) is 0 Å². The maximum Gasteiger partial charge on any atom is 0.191 e. The maximum absolute atomic E-state index is 5.28. The van der Waals surface area contributed by atoms with Crippen LogP contribution < -0.4 is 10.6 Å². The first-order valence-corrected chi connectivity index (χ1v) is 8.96. The van der Waals surface area contributed by atoms with Crippen LogP contribution in [0.25, 0.3) is 0 Å². The highest BCUT2D eigenvalue weighted by Gasteiger charge is 2.34. The first-order valence-electron chi connectivity index (χ1n) is 8.96. The van der Waals surface area contributed by atoms with E-state index in [0.29, 0.717) is 11.3 Å². The van der Waals surface area contributed by atoms with Gasteiger partial charge in [-0.15, -0.1) is 24.0 Å². The van der Waals surface area contributed by atoms with Gasteiger partial charge >= 0.3 is 0 Å². The van der Waals surface area contributed by atoms with E-state index < -0.39 is 0 Å². The van der Waals surface area contributed by atoms with Crippen LogP contribution in [0.4, 0.5) is 0 Å². The summed E-state index contributed by atoms with van der Waals surface area (Å²) >= 11 is 0. The Balaban J connectivity index is 0.00000288. The van der Waals surface area contributed by atoms with Crippen LogP contribution in [0, 0.1) is 19.3 Å². The van der Waals surface area contributed by atoms with E-state index in [0.717, 1.165) is 37.0 Å². The zero-order valence-electron chi connectivity index (χ0n) is 15.7. The van der Waals surface area contributed by atoms with Gasteiger partial charge in [0.2, 0.25) is 0 Å². The molecule has 2 N–H and O–H groups in total. The van der Waals surface area contributed by atoms with E-state index in [2.05, 4.69) is 36.6 Å². The average molecular weight is 448 g/mol. The minimum absolute atomic E-state index is 0. The summed E-state index contributed by atoms with van der Waals surface area (Å²) < 4.78 is 5.28. The summed E-state index contributed by atoms with van der Waals surface area (Å²) in [6, 6.07) is 0. The Morgan fingerprint density at radius 3 is 2.46 bits per heavy atom. The van der Waals surface area contributed by atoms with Crippen molar-refractivity contribution in [3.63, 3.8) is 0 Å². The van der Waals surface area contributed by atoms with Gasteiger partial charge < -0.3 is 15.2 Å². The molecule has 1 saturated carbocycles. The number of nitrogens with zero attached hydrogens (tertiary/aromatic N) is 2. The Morgan fingerprint density at radius 2 is 2.00 bits per heavy atom. The number of hydrogen-bond acceptors (Lipinski definition) is 3. The highest BCUT2D eigenvalue weighted by Crippen LogP contribution is 2.43. The van der Waals surface area contributed by atoms with Crippen molar-refractivity contribution in [1.82, 2.24) is 15.8 Å². The summed E-state index contributed by atoms with van der Waals surface area (Å²) in [5.41, 5.74) is 2.64. The molecule has 0 radical (unpaired) electrons. The lowest BCUT2D eigenvalue weighted by Gasteiger charge is -2.40. The molecule has 0 bridgehead atoms. The number of halogens is 1. The fourth-order valence-electron chi connectivity index (χ4n) is 3.43.